The highest BCUT2D eigenvalue weighted by molar-refractivity contribution is 5.92. The number of hydrogen-bond donors (Lipinski definition) is 2. The van der Waals surface area contributed by atoms with Crippen LogP contribution in [0.3, 0.4) is 0 Å². The van der Waals surface area contributed by atoms with Crippen LogP contribution >= 0.6 is 0 Å². The lowest BCUT2D eigenvalue weighted by Gasteiger charge is -2.35. The number of nitrogens with one attached hydrogen (secondary N) is 2. The van der Waals surface area contributed by atoms with Crippen LogP contribution in [0.2, 0.25) is 0 Å². The van der Waals surface area contributed by atoms with Crippen LogP contribution in [-0.2, 0) is 16.0 Å². The molecular formula is C23H28N3O4+. The zero-order valence-electron chi connectivity index (χ0n) is 17.2. The first-order chi connectivity index (χ1) is 14.6. The second-order valence-electron chi connectivity index (χ2n) is 7.68. The fraction of sp³-hybridized carbons (Fsp3) is 0.391. The number of piperazine rings is 1. The second-order valence-corrected chi connectivity index (χ2v) is 7.68. The summed E-state index contributed by atoms with van der Waals surface area (Å²) in [5.74, 6) is 1.23. The van der Waals surface area contributed by atoms with Crippen molar-refractivity contribution in [2.45, 2.75) is 19.4 Å². The van der Waals surface area contributed by atoms with E-state index in [9.17, 15) is 9.59 Å². The van der Waals surface area contributed by atoms with Crippen molar-refractivity contribution in [1.29, 1.82) is 0 Å². The Morgan fingerprint density at radius 2 is 1.77 bits per heavy atom. The smallest absolute Gasteiger partial charge is 0.279 e. The molecule has 2 aromatic rings. The van der Waals surface area contributed by atoms with Gasteiger partial charge in [0.25, 0.3) is 11.8 Å². The number of para-hydroxylation sites is 3. The van der Waals surface area contributed by atoms with E-state index >= 15 is 0 Å². The van der Waals surface area contributed by atoms with Crippen LogP contribution in [0.4, 0.5) is 5.69 Å². The number of quaternary nitrogens is 1. The molecule has 2 heterocycles. The van der Waals surface area contributed by atoms with Crippen molar-refractivity contribution in [2.24, 2.45) is 0 Å². The summed E-state index contributed by atoms with van der Waals surface area (Å²) in [6.45, 7) is 5.38. The summed E-state index contributed by atoms with van der Waals surface area (Å²) in [4.78, 5) is 28.3. The standard InChI is InChI=1S/C23H27N3O4/c1-2-17-7-3-4-8-18(17)24-22(27)15-25-11-13-26(14-12-25)23(28)21-16-29-19-9-5-6-10-20(19)30-21/h3-10,21H,2,11-16H2,1H3,(H,24,27)/p+1/t21-/m0/s1. The van der Waals surface area contributed by atoms with Gasteiger partial charge in [0.05, 0.1) is 26.2 Å². The average Bonchev–Trinajstić information content (AvgIpc) is 2.79. The van der Waals surface area contributed by atoms with Gasteiger partial charge in [-0.25, -0.2) is 0 Å². The van der Waals surface area contributed by atoms with Gasteiger partial charge in [0.15, 0.2) is 18.0 Å². The number of amides is 2. The van der Waals surface area contributed by atoms with Crippen LogP contribution in [0.5, 0.6) is 11.5 Å². The molecule has 0 saturated carbocycles. The van der Waals surface area contributed by atoms with Crippen molar-refractivity contribution in [3.8, 4) is 11.5 Å². The van der Waals surface area contributed by atoms with Gasteiger partial charge < -0.3 is 24.6 Å². The number of fused-ring (bicyclic) bond motifs is 1. The minimum atomic E-state index is -0.615. The number of nitrogens with zero attached hydrogens (tertiary/aromatic N) is 1. The molecule has 2 aromatic carbocycles. The van der Waals surface area contributed by atoms with E-state index in [1.165, 1.54) is 4.90 Å². The lowest BCUT2D eigenvalue weighted by molar-refractivity contribution is -0.895. The SMILES string of the molecule is CCc1ccccc1NC(=O)C[NH+]1CCN(C(=O)[C@@H]2COc3ccccc3O2)CC1. The summed E-state index contributed by atoms with van der Waals surface area (Å²) < 4.78 is 11.5. The Kier molecular flexibility index (Phi) is 6.18. The number of rotatable bonds is 5. The highest BCUT2D eigenvalue weighted by Gasteiger charge is 2.34. The Bertz CT molecular complexity index is 909. The normalized spacial score (nSPS) is 18.7. The molecule has 158 valence electrons. The first-order valence-electron chi connectivity index (χ1n) is 10.5. The van der Waals surface area contributed by atoms with Gasteiger partial charge in [-0.2, -0.15) is 0 Å². The quantitative estimate of drug-likeness (QED) is 0.763. The maximum absolute atomic E-state index is 12.8. The molecule has 1 fully saturated rings. The molecule has 2 aliphatic rings. The molecule has 0 radical (unpaired) electrons. The molecule has 0 spiro atoms. The number of carbonyl (C=O) groups is 2. The molecule has 1 atom stereocenters. The van der Waals surface area contributed by atoms with Crippen LogP contribution in [0.15, 0.2) is 48.5 Å². The molecule has 30 heavy (non-hydrogen) atoms. The third kappa shape index (κ3) is 4.57. The van der Waals surface area contributed by atoms with Gasteiger partial charge in [0.1, 0.15) is 6.61 Å². The monoisotopic (exact) mass is 410 g/mol. The zero-order chi connectivity index (χ0) is 20.9. The van der Waals surface area contributed by atoms with E-state index in [1.54, 1.807) is 0 Å². The first kappa shape index (κ1) is 20.2. The third-order valence-electron chi connectivity index (χ3n) is 5.65. The highest BCUT2D eigenvalue weighted by atomic mass is 16.6. The molecule has 0 bridgehead atoms. The second kappa shape index (κ2) is 9.17. The summed E-state index contributed by atoms with van der Waals surface area (Å²) in [5.41, 5.74) is 2.01. The number of anilines is 1. The fourth-order valence-electron chi connectivity index (χ4n) is 3.94. The summed E-state index contributed by atoms with van der Waals surface area (Å²) in [5, 5.41) is 3.03. The lowest BCUT2D eigenvalue weighted by atomic mass is 10.1. The van der Waals surface area contributed by atoms with Gasteiger partial charge in [-0.1, -0.05) is 37.3 Å². The molecule has 2 N–H and O–H groups in total. The Morgan fingerprint density at radius 1 is 1.07 bits per heavy atom. The molecule has 0 aliphatic carbocycles. The summed E-state index contributed by atoms with van der Waals surface area (Å²) in [7, 11) is 0. The van der Waals surface area contributed by atoms with Crippen LogP contribution in [0.25, 0.3) is 0 Å². The molecule has 4 rings (SSSR count). The van der Waals surface area contributed by atoms with Crippen molar-refractivity contribution in [1.82, 2.24) is 4.90 Å². The van der Waals surface area contributed by atoms with Crippen molar-refractivity contribution < 1.29 is 24.0 Å². The summed E-state index contributed by atoms with van der Waals surface area (Å²) >= 11 is 0. The minimum Gasteiger partial charge on any atom is -0.485 e. The van der Waals surface area contributed by atoms with E-state index in [0.717, 1.165) is 30.8 Å². The molecule has 7 nitrogen and oxygen atoms in total. The van der Waals surface area contributed by atoms with Gasteiger partial charge in [0, 0.05) is 5.69 Å². The predicted molar refractivity (Wildman–Crippen MR) is 113 cm³/mol. The van der Waals surface area contributed by atoms with E-state index in [2.05, 4.69) is 12.2 Å². The topological polar surface area (TPSA) is 72.3 Å². The molecule has 1 saturated heterocycles. The number of ether oxygens (including phenoxy) is 2. The van der Waals surface area contributed by atoms with Crippen molar-refractivity contribution in [2.75, 3.05) is 44.6 Å². The van der Waals surface area contributed by atoms with Gasteiger partial charge in [-0.15, -0.1) is 0 Å². The third-order valence-corrected chi connectivity index (χ3v) is 5.65. The van der Waals surface area contributed by atoms with Crippen LogP contribution in [0, 0.1) is 0 Å². The van der Waals surface area contributed by atoms with Crippen LogP contribution < -0.4 is 19.7 Å². The van der Waals surface area contributed by atoms with E-state index in [-0.39, 0.29) is 18.4 Å². The van der Waals surface area contributed by atoms with Gasteiger partial charge in [-0.3, -0.25) is 9.59 Å². The van der Waals surface area contributed by atoms with E-state index < -0.39 is 6.10 Å². The van der Waals surface area contributed by atoms with Crippen LogP contribution in [-0.4, -0.2) is 62.1 Å². The van der Waals surface area contributed by atoms with Crippen LogP contribution in [0.1, 0.15) is 12.5 Å². The summed E-state index contributed by atoms with van der Waals surface area (Å²) in [6.07, 6.45) is 0.261. The number of aryl methyl sites for hydroxylation is 1. The fourth-order valence-corrected chi connectivity index (χ4v) is 3.94. The zero-order valence-corrected chi connectivity index (χ0v) is 17.2. The number of benzene rings is 2. The molecule has 2 amide bonds. The minimum absolute atomic E-state index is 0.00583. The molecule has 0 unspecified atom stereocenters. The summed E-state index contributed by atoms with van der Waals surface area (Å²) in [6, 6.07) is 15.3. The first-order valence-corrected chi connectivity index (χ1v) is 10.5. The number of hydrogen-bond acceptors (Lipinski definition) is 4. The Morgan fingerprint density at radius 3 is 2.53 bits per heavy atom. The van der Waals surface area contributed by atoms with E-state index in [1.807, 2.05) is 53.4 Å². The van der Waals surface area contributed by atoms with E-state index in [4.69, 9.17) is 9.47 Å². The molecular weight excluding hydrogens is 382 g/mol. The molecule has 7 heteroatoms. The average molecular weight is 410 g/mol. The highest BCUT2D eigenvalue weighted by Crippen LogP contribution is 2.31. The van der Waals surface area contributed by atoms with Gasteiger partial charge in [0.2, 0.25) is 6.10 Å². The Balaban J connectivity index is 1.26. The lowest BCUT2D eigenvalue weighted by Crippen LogP contribution is -3.15. The van der Waals surface area contributed by atoms with Crippen molar-refractivity contribution in [3.05, 3.63) is 54.1 Å². The Labute approximate surface area is 176 Å². The predicted octanol–water partition coefficient (Wildman–Crippen LogP) is 0.755. The largest absolute Gasteiger partial charge is 0.485 e. The van der Waals surface area contributed by atoms with Gasteiger partial charge in [-0.05, 0) is 30.2 Å². The Hall–Kier alpha value is -3.06. The van der Waals surface area contributed by atoms with E-state index in [0.29, 0.717) is 31.1 Å². The maximum Gasteiger partial charge on any atom is 0.279 e. The van der Waals surface area contributed by atoms with Crippen molar-refractivity contribution in [3.63, 3.8) is 0 Å². The van der Waals surface area contributed by atoms with Gasteiger partial charge >= 0.3 is 0 Å². The molecule has 2 aliphatic heterocycles. The van der Waals surface area contributed by atoms with Crippen molar-refractivity contribution >= 4 is 17.5 Å². The number of carbonyl (C=O) groups excluding carboxylic acids is 2. The maximum atomic E-state index is 12.8. The molecule has 0 aromatic heterocycles.